The van der Waals surface area contributed by atoms with Gasteiger partial charge in [-0.3, -0.25) is 0 Å². The van der Waals surface area contributed by atoms with Crippen LogP contribution in [-0.2, 0) is 4.79 Å². The summed E-state index contributed by atoms with van der Waals surface area (Å²) in [5.41, 5.74) is 0.932. The summed E-state index contributed by atoms with van der Waals surface area (Å²) in [7, 11) is 0. The van der Waals surface area contributed by atoms with Crippen molar-refractivity contribution in [3.8, 4) is 11.3 Å². The summed E-state index contributed by atoms with van der Waals surface area (Å²) < 4.78 is 6.46. The SMILES string of the molecule is O=C([O-])/C=C/c1ccc(-c2ccc(Br)cc2)o1.[Na+]. The van der Waals surface area contributed by atoms with E-state index < -0.39 is 5.97 Å². The van der Waals surface area contributed by atoms with Crippen LogP contribution in [0.1, 0.15) is 5.76 Å². The average Bonchev–Trinajstić information content (AvgIpc) is 2.76. The van der Waals surface area contributed by atoms with E-state index >= 15 is 0 Å². The minimum atomic E-state index is -1.24. The van der Waals surface area contributed by atoms with Gasteiger partial charge in [0.25, 0.3) is 0 Å². The summed E-state index contributed by atoms with van der Waals surface area (Å²) in [5, 5.41) is 10.2. The van der Waals surface area contributed by atoms with Gasteiger partial charge in [-0.05, 0) is 36.4 Å². The van der Waals surface area contributed by atoms with Crippen molar-refractivity contribution in [1.29, 1.82) is 0 Å². The van der Waals surface area contributed by atoms with Gasteiger partial charge in [0.05, 0.1) is 5.97 Å². The van der Waals surface area contributed by atoms with Gasteiger partial charge in [-0.15, -0.1) is 0 Å². The molecule has 1 heterocycles. The third-order valence-electron chi connectivity index (χ3n) is 2.14. The Bertz CT molecular complexity index is 558. The van der Waals surface area contributed by atoms with Gasteiger partial charge in [0.1, 0.15) is 11.5 Å². The molecule has 0 amide bonds. The number of benzene rings is 1. The molecule has 0 aliphatic heterocycles. The first-order valence-electron chi connectivity index (χ1n) is 4.90. The quantitative estimate of drug-likeness (QED) is 0.566. The number of hydrogen-bond acceptors (Lipinski definition) is 3. The van der Waals surface area contributed by atoms with Crippen molar-refractivity contribution in [2.24, 2.45) is 0 Å². The predicted octanol–water partition coefficient (Wildman–Crippen LogP) is -0.524. The molecule has 0 radical (unpaired) electrons. The molecule has 0 N–H and O–H groups in total. The minimum absolute atomic E-state index is 0. The van der Waals surface area contributed by atoms with E-state index in [2.05, 4.69) is 15.9 Å². The Balaban J connectivity index is 0.00000162. The smallest absolute Gasteiger partial charge is 0.545 e. The molecule has 3 nitrogen and oxygen atoms in total. The van der Waals surface area contributed by atoms with E-state index in [1.165, 1.54) is 6.08 Å². The zero-order valence-corrected chi connectivity index (χ0v) is 13.3. The van der Waals surface area contributed by atoms with Crippen LogP contribution in [0.4, 0.5) is 0 Å². The second-order valence-electron chi connectivity index (χ2n) is 3.36. The molecule has 18 heavy (non-hydrogen) atoms. The first kappa shape index (κ1) is 15.2. The van der Waals surface area contributed by atoms with E-state index in [1.807, 2.05) is 24.3 Å². The molecule has 2 rings (SSSR count). The largest absolute Gasteiger partial charge is 1.00 e. The first-order valence-corrected chi connectivity index (χ1v) is 5.69. The van der Waals surface area contributed by atoms with E-state index in [4.69, 9.17) is 4.42 Å². The molecule has 0 saturated carbocycles. The summed E-state index contributed by atoms with van der Waals surface area (Å²) in [6.45, 7) is 0. The Morgan fingerprint density at radius 1 is 1.17 bits per heavy atom. The fourth-order valence-electron chi connectivity index (χ4n) is 1.36. The molecule has 0 bridgehead atoms. The molecular weight excluding hydrogens is 307 g/mol. The van der Waals surface area contributed by atoms with Crippen molar-refractivity contribution < 1.29 is 43.9 Å². The van der Waals surface area contributed by atoms with E-state index in [0.717, 1.165) is 16.1 Å². The molecule has 0 fully saturated rings. The van der Waals surface area contributed by atoms with Crippen molar-refractivity contribution in [2.75, 3.05) is 0 Å². The fraction of sp³-hybridized carbons (Fsp3) is 0. The van der Waals surface area contributed by atoms with Crippen LogP contribution in [0.25, 0.3) is 17.4 Å². The van der Waals surface area contributed by atoms with Crippen LogP contribution in [0, 0.1) is 0 Å². The molecule has 0 aliphatic carbocycles. The number of carboxylic acids is 1. The maximum absolute atomic E-state index is 10.2. The number of aliphatic carboxylic acids is 1. The molecule has 0 saturated heterocycles. The summed E-state index contributed by atoms with van der Waals surface area (Å²) in [6, 6.07) is 11.1. The standard InChI is InChI=1S/C13H9BrO3.Na/c14-10-3-1-9(2-4-10)12-7-5-11(17-12)6-8-13(15)16;/h1-8H,(H,15,16);/q;+1/p-1/b8-6+;. The predicted molar refractivity (Wildman–Crippen MR) is 65.9 cm³/mol. The normalized spacial score (nSPS) is 10.3. The Hall–Kier alpha value is -0.810. The molecule has 0 unspecified atom stereocenters. The molecule has 1 aromatic heterocycles. The number of carbonyl (C=O) groups excluding carboxylic acids is 1. The van der Waals surface area contributed by atoms with Crippen LogP contribution in [-0.4, -0.2) is 5.97 Å². The van der Waals surface area contributed by atoms with Gasteiger partial charge in [0.2, 0.25) is 0 Å². The number of furan rings is 1. The van der Waals surface area contributed by atoms with Gasteiger partial charge in [-0.1, -0.05) is 28.1 Å². The topological polar surface area (TPSA) is 53.3 Å². The van der Waals surface area contributed by atoms with Gasteiger partial charge < -0.3 is 14.3 Å². The van der Waals surface area contributed by atoms with E-state index in [-0.39, 0.29) is 29.6 Å². The van der Waals surface area contributed by atoms with Crippen LogP contribution >= 0.6 is 15.9 Å². The first-order chi connectivity index (χ1) is 8.15. The Kier molecular flexibility index (Phi) is 5.88. The van der Waals surface area contributed by atoms with Gasteiger partial charge in [-0.2, -0.15) is 0 Å². The van der Waals surface area contributed by atoms with Gasteiger partial charge in [0, 0.05) is 10.0 Å². The van der Waals surface area contributed by atoms with E-state index in [0.29, 0.717) is 11.5 Å². The molecule has 0 aliphatic rings. The van der Waals surface area contributed by atoms with Crippen LogP contribution in [0.2, 0.25) is 0 Å². The van der Waals surface area contributed by atoms with Crippen LogP contribution in [0.15, 0.2) is 51.4 Å². The van der Waals surface area contributed by atoms with Crippen molar-refractivity contribution in [3.63, 3.8) is 0 Å². The Morgan fingerprint density at radius 3 is 2.44 bits per heavy atom. The van der Waals surface area contributed by atoms with Crippen molar-refractivity contribution in [3.05, 3.63) is 52.7 Å². The van der Waals surface area contributed by atoms with E-state index in [9.17, 15) is 9.90 Å². The molecule has 0 spiro atoms. The Morgan fingerprint density at radius 2 is 1.83 bits per heavy atom. The zero-order chi connectivity index (χ0) is 12.3. The number of carbonyl (C=O) groups is 1. The summed E-state index contributed by atoms with van der Waals surface area (Å²) in [6.07, 6.45) is 2.29. The number of halogens is 1. The van der Waals surface area contributed by atoms with E-state index in [1.54, 1.807) is 12.1 Å². The average molecular weight is 315 g/mol. The summed E-state index contributed by atoms with van der Waals surface area (Å²) >= 11 is 3.35. The number of carboxylic acid groups (broad SMARTS) is 1. The minimum Gasteiger partial charge on any atom is -0.545 e. The van der Waals surface area contributed by atoms with Crippen molar-refractivity contribution in [1.82, 2.24) is 0 Å². The summed E-state index contributed by atoms with van der Waals surface area (Å²) in [4.78, 5) is 10.2. The molecule has 2 aromatic rings. The number of rotatable bonds is 3. The fourth-order valence-corrected chi connectivity index (χ4v) is 1.63. The monoisotopic (exact) mass is 314 g/mol. The third-order valence-corrected chi connectivity index (χ3v) is 2.67. The van der Waals surface area contributed by atoms with Gasteiger partial charge in [0.15, 0.2) is 0 Å². The third kappa shape index (κ3) is 4.14. The second-order valence-corrected chi connectivity index (χ2v) is 4.28. The zero-order valence-electron chi connectivity index (χ0n) is 9.72. The second kappa shape index (κ2) is 6.95. The maximum Gasteiger partial charge on any atom is 1.00 e. The van der Waals surface area contributed by atoms with Crippen LogP contribution < -0.4 is 34.7 Å². The molecule has 1 aromatic carbocycles. The number of hydrogen-bond donors (Lipinski definition) is 0. The molecular formula is C13H8BrNaO3. The van der Waals surface area contributed by atoms with Gasteiger partial charge in [-0.25, -0.2) is 0 Å². The Labute approximate surface area is 135 Å². The van der Waals surface area contributed by atoms with Crippen molar-refractivity contribution >= 4 is 28.0 Å². The maximum atomic E-state index is 10.2. The molecule has 0 atom stereocenters. The summed E-state index contributed by atoms with van der Waals surface area (Å²) in [5.74, 6) is -0.0748. The molecule has 5 heteroatoms. The van der Waals surface area contributed by atoms with Crippen molar-refractivity contribution in [2.45, 2.75) is 0 Å². The molecule has 86 valence electrons. The van der Waals surface area contributed by atoms with Crippen LogP contribution in [0.3, 0.4) is 0 Å². The van der Waals surface area contributed by atoms with Gasteiger partial charge >= 0.3 is 29.6 Å². The van der Waals surface area contributed by atoms with Crippen LogP contribution in [0.5, 0.6) is 0 Å².